The molecule has 2 heterocycles. The fourth-order valence-corrected chi connectivity index (χ4v) is 2.42. The van der Waals surface area contributed by atoms with Gasteiger partial charge in [-0.2, -0.15) is 4.98 Å². The number of aryl methyl sites for hydroxylation is 1. The maximum Gasteiger partial charge on any atom is 0.306 e. The van der Waals surface area contributed by atoms with Gasteiger partial charge in [0.25, 0.3) is 5.91 Å². The van der Waals surface area contributed by atoms with E-state index < -0.39 is 18.5 Å². The first-order valence-corrected chi connectivity index (χ1v) is 8.54. The Hall–Kier alpha value is -2.84. The smallest absolute Gasteiger partial charge is 0.306 e. The Morgan fingerprint density at radius 1 is 1.19 bits per heavy atom. The van der Waals surface area contributed by atoms with Gasteiger partial charge in [0, 0.05) is 6.42 Å². The lowest BCUT2D eigenvalue weighted by Gasteiger charge is -2.08. The zero-order chi connectivity index (χ0) is 19.2. The van der Waals surface area contributed by atoms with E-state index >= 15 is 0 Å². The molecule has 3 aromatic rings. The molecule has 0 aliphatic heterocycles. The van der Waals surface area contributed by atoms with Crippen LogP contribution in [0.3, 0.4) is 0 Å². The highest BCUT2D eigenvalue weighted by Crippen LogP contribution is 2.29. The Balaban J connectivity index is 1.43. The van der Waals surface area contributed by atoms with E-state index in [0.29, 0.717) is 22.3 Å². The van der Waals surface area contributed by atoms with Crippen LogP contribution in [-0.2, 0) is 20.7 Å². The van der Waals surface area contributed by atoms with E-state index in [2.05, 4.69) is 15.5 Å². The first kappa shape index (κ1) is 18.9. The Bertz CT molecular complexity index is 940. The van der Waals surface area contributed by atoms with Crippen LogP contribution < -0.4 is 5.32 Å². The molecule has 27 heavy (non-hydrogen) atoms. The third kappa shape index (κ3) is 5.08. The van der Waals surface area contributed by atoms with Crippen molar-refractivity contribution >= 4 is 40.8 Å². The summed E-state index contributed by atoms with van der Waals surface area (Å²) in [5, 5.41) is 6.79. The molecule has 8 nitrogen and oxygen atoms in total. The van der Waals surface area contributed by atoms with Crippen LogP contribution in [0.4, 0.5) is 5.69 Å². The summed E-state index contributed by atoms with van der Waals surface area (Å²) in [5.74, 6) is -0.107. The van der Waals surface area contributed by atoms with Crippen molar-refractivity contribution in [1.29, 1.82) is 0 Å². The Labute approximate surface area is 163 Å². The molecule has 0 saturated carbocycles. The minimum atomic E-state index is -0.583. The Morgan fingerprint density at radius 3 is 2.81 bits per heavy atom. The molecule has 2 aromatic heterocycles. The number of hydrogen-bond donors (Lipinski definition) is 1. The van der Waals surface area contributed by atoms with Gasteiger partial charge in [-0.05, 0) is 24.3 Å². The Kier molecular flexibility index (Phi) is 6.10. The lowest BCUT2D eigenvalue weighted by atomic mass is 10.3. The third-order valence-corrected chi connectivity index (χ3v) is 4.16. The highest BCUT2D eigenvalue weighted by molar-refractivity contribution is 6.44. The van der Waals surface area contributed by atoms with Crippen molar-refractivity contribution in [2.24, 2.45) is 0 Å². The molecule has 0 aliphatic rings. The van der Waals surface area contributed by atoms with E-state index in [0.717, 1.165) is 0 Å². The van der Waals surface area contributed by atoms with Crippen LogP contribution in [0.5, 0.6) is 0 Å². The number of aromatic nitrogens is 2. The summed E-state index contributed by atoms with van der Waals surface area (Å²) in [6.07, 6.45) is 1.64. The van der Waals surface area contributed by atoms with Gasteiger partial charge in [0.05, 0.1) is 28.4 Å². The topological polar surface area (TPSA) is 107 Å². The maximum atomic E-state index is 11.8. The second-order valence-electron chi connectivity index (χ2n) is 5.30. The van der Waals surface area contributed by atoms with E-state index in [9.17, 15) is 9.59 Å². The second kappa shape index (κ2) is 8.70. The van der Waals surface area contributed by atoms with Crippen LogP contribution in [0.2, 0.25) is 10.0 Å². The molecule has 10 heteroatoms. The number of carbonyl (C=O) groups excluding carboxylic acids is 2. The summed E-state index contributed by atoms with van der Waals surface area (Å²) in [7, 11) is 0. The number of hydrogen-bond acceptors (Lipinski definition) is 7. The number of anilines is 1. The van der Waals surface area contributed by atoms with Gasteiger partial charge >= 0.3 is 5.97 Å². The zero-order valence-electron chi connectivity index (χ0n) is 13.8. The zero-order valence-corrected chi connectivity index (χ0v) is 15.3. The van der Waals surface area contributed by atoms with Crippen molar-refractivity contribution in [3.8, 4) is 11.6 Å². The summed E-state index contributed by atoms with van der Waals surface area (Å²) >= 11 is 11.8. The van der Waals surface area contributed by atoms with Gasteiger partial charge in [0.2, 0.25) is 11.7 Å². The molecule has 140 valence electrons. The number of carbonyl (C=O) groups is 2. The highest BCUT2D eigenvalue weighted by Gasteiger charge is 2.14. The van der Waals surface area contributed by atoms with E-state index in [1.165, 1.54) is 6.26 Å². The molecular weight excluding hydrogens is 397 g/mol. The van der Waals surface area contributed by atoms with Crippen molar-refractivity contribution in [3.63, 3.8) is 0 Å². The highest BCUT2D eigenvalue weighted by atomic mass is 35.5. The quantitative estimate of drug-likeness (QED) is 0.591. The maximum absolute atomic E-state index is 11.8. The number of ether oxygens (including phenoxy) is 1. The number of nitrogens with zero attached hydrogens (tertiary/aromatic N) is 2. The summed E-state index contributed by atoms with van der Waals surface area (Å²) < 4.78 is 15.1. The van der Waals surface area contributed by atoms with Crippen LogP contribution in [0.1, 0.15) is 12.3 Å². The molecule has 1 aromatic carbocycles. The molecule has 0 bridgehead atoms. The number of furan rings is 1. The summed E-state index contributed by atoms with van der Waals surface area (Å²) in [6, 6.07) is 8.20. The van der Waals surface area contributed by atoms with Gasteiger partial charge in [0.1, 0.15) is 0 Å². The molecule has 0 spiro atoms. The van der Waals surface area contributed by atoms with Crippen molar-refractivity contribution < 1.29 is 23.3 Å². The van der Waals surface area contributed by atoms with Gasteiger partial charge in [-0.1, -0.05) is 34.4 Å². The molecule has 0 radical (unpaired) electrons. The first-order valence-electron chi connectivity index (χ1n) is 7.79. The minimum absolute atomic E-state index is 0.0228. The molecule has 0 aliphatic carbocycles. The van der Waals surface area contributed by atoms with E-state index in [-0.39, 0.29) is 23.8 Å². The molecule has 1 N–H and O–H groups in total. The van der Waals surface area contributed by atoms with Gasteiger partial charge in [-0.15, -0.1) is 0 Å². The van der Waals surface area contributed by atoms with Crippen molar-refractivity contribution in [2.75, 3.05) is 11.9 Å². The molecule has 0 saturated heterocycles. The summed E-state index contributed by atoms with van der Waals surface area (Å²) in [4.78, 5) is 27.7. The number of amides is 1. The number of halogens is 2. The largest absolute Gasteiger partial charge is 0.461 e. The lowest BCUT2D eigenvalue weighted by molar-refractivity contribution is -0.147. The monoisotopic (exact) mass is 409 g/mol. The van der Waals surface area contributed by atoms with Crippen molar-refractivity contribution in [2.45, 2.75) is 12.8 Å². The third-order valence-electron chi connectivity index (χ3n) is 3.34. The number of nitrogens with one attached hydrogen (secondary N) is 1. The van der Waals surface area contributed by atoms with Gasteiger partial charge < -0.3 is 19.0 Å². The molecular formula is C17H13Cl2N3O5. The SMILES string of the molecule is O=C(COC(=O)CCc1nc(-c2ccco2)no1)Nc1cccc(Cl)c1Cl. The molecule has 0 atom stereocenters. The average molecular weight is 410 g/mol. The van der Waals surface area contributed by atoms with E-state index in [1.54, 1.807) is 30.3 Å². The Morgan fingerprint density at radius 2 is 2.04 bits per heavy atom. The lowest BCUT2D eigenvalue weighted by Crippen LogP contribution is -2.21. The number of esters is 1. The summed E-state index contributed by atoms with van der Waals surface area (Å²) in [5.41, 5.74) is 0.335. The predicted molar refractivity (Wildman–Crippen MR) is 96.4 cm³/mol. The molecule has 0 unspecified atom stereocenters. The standard InChI is InChI=1S/C17H13Cl2N3O5/c18-10-3-1-4-11(16(10)19)20-13(23)9-26-15(24)7-6-14-21-17(22-27-14)12-5-2-8-25-12/h1-5,8H,6-7,9H2,(H,20,23). The van der Waals surface area contributed by atoms with Crippen LogP contribution in [0, 0.1) is 0 Å². The van der Waals surface area contributed by atoms with E-state index in [1.807, 2.05) is 0 Å². The van der Waals surface area contributed by atoms with Crippen LogP contribution in [0.25, 0.3) is 11.6 Å². The van der Waals surface area contributed by atoms with Gasteiger partial charge in [-0.25, -0.2) is 0 Å². The minimum Gasteiger partial charge on any atom is -0.461 e. The van der Waals surface area contributed by atoms with Gasteiger partial charge in [0.15, 0.2) is 12.4 Å². The molecule has 0 fully saturated rings. The van der Waals surface area contributed by atoms with Crippen LogP contribution >= 0.6 is 23.2 Å². The van der Waals surface area contributed by atoms with Crippen molar-refractivity contribution in [1.82, 2.24) is 10.1 Å². The predicted octanol–water partition coefficient (Wildman–Crippen LogP) is 3.75. The second-order valence-corrected chi connectivity index (χ2v) is 6.08. The summed E-state index contributed by atoms with van der Waals surface area (Å²) in [6.45, 7) is -0.455. The van der Waals surface area contributed by atoms with Crippen LogP contribution in [0.15, 0.2) is 45.5 Å². The normalized spacial score (nSPS) is 10.6. The fourth-order valence-electron chi connectivity index (χ4n) is 2.08. The number of rotatable bonds is 7. The molecule has 1 amide bonds. The average Bonchev–Trinajstić information content (AvgIpc) is 3.33. The molecule has 3 rings (SSSR count). The number of benzene rings is 1. The van der Waals surface area contributed by atoms with Crippen LogP contribution in [-0.4, -0.2) is 28.6 Å². The fraction of sp³-hybridized carbons (Fsp3) is 0.176. The van der Waals surface area contributed by atoms with Crippen molar-refractivity contribution in [3.05, 3.63) is 52.5 Å². The van der Waals surface area contributed by atoms with E-state index in [4.69, 9.17) is 36.9 Å². The first-order chi connectivity index (χ1) is 13.0. The van der Waals surface area contributed by atoms with Gasteiger partial charge in [-0.3, -0.25) is 9.59 Å².